The van der Waals surface area contributed by atoms with Crippen molar-refractivity contribution in [1.82, 2.24) is 4.90 Å². The largest absolute Gasteiger partial charge is 0.339 e. The minimum atomic E-state index is 0.0825. The van der Waals surface area contributed by atoms with Gasteiger partial charge in [0.2, 0.25) is 5.91 Å². The first-order valence-electron chi connectivity index (χ1n) is 4.02. The Hall–Kier alpha value is -0.440. The van der Waals surface area contributed by atoms with Gasteiger partial charge in [0, 0.05) is 18.8 Å². The van der Waals surface area contributed by atoms with Crippen molar-refractivity contribution in [3.05, 3.63) is 12.2 Å². The van der Waals surface area contributed by atoms with E-state index in [2.05, 4.69) is 6.92 Å². The minimum Gasteiger partial charge on any atom is -0.339 e. The first-order chi connectivity index (χ1) is 5.63. The lowest BCUT2D eigenvalue weighted by Crippen LogP contribution is -2.35. The second-order valence-electron chi connectivity index (χ2n) is 2.75. The molecule has 0 aliphatic carbocycles. The van der Waals surface area contributed by atoms with Crippen molar-refractivity contribution in [1.29, 1.82) is 0 Å². The van der Waals surface area contributed by atoms with E-state index in [9.17, 15) is 4.79 Å². The highest BCUT2D eigenvalue weighted by molar-refractivity contribution is 7.98. The van der Waals surface area contributed by atoms with Crippen LogP contribution in [0.1, 0.15) is 13.8 Å². The van der Waals surface area contributed by atoms with Gasteiger partial charge in [-0.15, -0.1) is 0 Å². The number of hydrogen-bond donors (Lipinski definition) is 0. The number of hydrogen-bond acceptors (Lipinski definition) is 2. The quantitative estimate of drug-likeness (QED) is 0.625. The molecule has 1 atom stereocenters. The average molecular weight is 187 g/mol. The minimum absolute atomic E-state index is 0.0825. The number of nitrogens with zero attached hydrogens (tertiary/aromatic N) is 1. The van der Waals surface area contributed by atoms with Gasteiger partial charge in [-0.05, 0) is 26.2 Å². The van der Waals surface area contributed by atoms with Gasteiger partial charge in [0.15, 0.2) is 0 Å². The Kier molecular flexibility index (Phi) is 5.89. The highest BCUT2D eigenvalue weighted by Gasteiger charge is 2.11. The number of allylic oxidation sites excluding steroid dienone is 1. The Morgan fingerprint density at radius 1 is 1.67 bits per heavy atom. The van der Waals surface area contributed by atoms with Crippen molar-refractivity contribution in [2.24, 2.45) is 0 Å². The first-order valence-corrected chi connectivity index (χ1v) is 5.41. The van der Waals surface area contributed by atoms with Crippen LogP contribution in [0.3, 0.4) is 0 Å². The molecule has 0 fully saturated rings. The van der Waals surface area contributed by atoms with Gasteiger partial charge in [-0.1, -0.05) is 6.08 Å². The fourth-order valence-electron chi connectivity index (χ4n) is 0.830. The summed E-state index contributed by atoms with van der Waals surface area (Å²) in [4.78, 5) is 13.0. The van der Waals surface area contributed by atoms with Crippen LogP contribution in [-0.4, -0.2) is 35.9 Å². The number of rotatable bonds is 4. The van der Waals surface area contributed by atoms with Gasteiger partial charge in [0.05, 0.1) is 0 Å². The van der Waals surface area contributed by atoms with Gasteiger partial charge in [-0.2, -0.15) is 11.8 Å². The third-order valence-corrected chi connectivity index (χ3v) is 2.54. The number of likely N-dealkylation sites (N-methyl/N-ethyl adjacent to an activating group) is 1. The van der Waals surface area contributed by atoms with E-state index in [0.29, 0.717) is 6.04 Å². The molecular formula is C9H17NOS. The van der Waals surface area contributed by atoms with Crippen LogP contribution in [0.25, 0.3) is 0 Å². The highest BCUT2D eigenvalue weighted by atomic mass is 32.2. The van der Waals surface area contributed by atoms with E-state index >= 15 is 0 Å². The fraction of sp³-hybridized carbons (Fsp3) is 0.667. The predicted octanol–water partition coefficient (Wildman–Crippen LogP) is 1.77. The molecule has 0 aromatic rings. The van der Waals surface area contributed by atoms with Crippen LogP contribution in [0.5, 0.6) is 0 Å². The molecule has 0 aliphatic rings. The molecule has 12 heavy (non-hydrogen) atoms. The molecule has 2 nitrogen and oxygen atoms in total. The van der Waals surface area contributed by atoms with Crippen molar-refractivity contribution in [2.45, 2.75) is 19.9 Å². The second kappa shape index (κ2) is 6.12. The topological polar surface area (TPSA) is 20.3 Å². The molecule has 1 amide bonds. The zero-order valence-corrected chi connectivity index (χ0v) is 9.02. The lowest BCUT2D eigenvalue weighted by atomic mass is 10.3. The van der Waals surface area contributed by atoms with Crippen LogP contribution < -0.4 is 0 Å². The SMILES string of the molecule is C/C=C/C(=O)N(C)C(C)CSC. The molecule has 70 valence electrons. The second-order valence-corrected chi connectivity index (χ2v) is 3.66. The maximum Gasteiger partial charge on any atom is 0.246 e. The van der Waals surface area contributed by atoms with E-state index in [1.165, 1.54) is 0 Å². The summed E-state index contributed by atoms with van der Waals surface area (Å²) in [6, 6.07) is 0.309. The zero-order chi connectivity index (χ0) is 9.56. The van der Waals surface area contributed by atoms with Crippen molar-refractivity contribution in [2.75, 3.05) is 19.1 Å². The Bertz CT molecular complexity index is 168. The molecule has 0 heterocycles. The molecule has 1 unspecified atom stereocenters. The Balaban J connectivity index is 3.99. The Morgan fingerprint density at radius 2 is 2.25 bits per heavy atom. The number of amides is 1. The standard InChI is InChI=1S/C9H17NOS/c1-5-6-9(11)10(3)8(2)7-12-4/h5-6,8H,7H2,1-4H3/b6-5+. The van der Waals surface area contributed by atoms with Crippen LogP contribution in [0.4, 0.5) is 0 Å². The molecule has 0 radical (unpaired) electrons. The maximum absolute atomic E-state index is 11.3. The molecule has 0 aromatic heterocycles. The van der Waals surface area contributed by atoms with E-state index < -0.39 is 0 Å². The fourth-order valence-corrected chi connectivity index (χ4v) is 1.54. The van der Waals surface area contributed by atoms with Gasteiger partial charge < -0.3 is 4.90 Å². The summed E-state index contributed by atoms with van der Waals surface area (Å²) in [5.41, 5.74) is 0. The number of thioether (sulfide) groups is 1. The van der Waals surface area contributed by atoms with E-state index in [-0.39, 0.29) is 5.91 Å². The molecule has 0 saturated carbocycles. The van der Waals surface area contributed by atoms with Gasteiger partial charge in [0.1, 0.15) is 0 Å². The van der Waals surface area contributed by atoms with Crippen molar-refractivity contribution in [3.63, 3.8) is 0 Å². The van der Waals surface area contributed by atoms with Crippen molar-refractivity contribution >= 4 is 17.7 Å². The summed E-state index contributed by atoms with van der Waals surface area (Å²) >= 11 is 1.76. The molecule has 0 bridgehead atoms. The summed E-state index contributed by atoms with van der Waals surface area (Å²) < 4.78 is 0. The maximum atomic E-state index is 11.3. The van der Waals surface area contributed by atoms with Gasteiger partial charge in [-0.3, -0.25) is 4.79 Å². The summed E-state index contributed by atoms with van der Waals surface area (Å²) in [7, 11) is 1.84. The van der Waals surface area contributed by atoms with E-state index in [1.54, 1.807) is 28.8 Å². The molecule has 3 heteroatoms. The van der Waals surface area contributed by atoms with Crippen molar-refractivity contribution < 1.29 is 4.79 Å². The Morgan fingerprint density at radius 3 is 2.67 bits per heavy atom. The van der Waals surface area contributed by atoms with Crippen LogP contribution in [0.2, 0.25) is 0 Å². The van der Waals surface area contributed by atoms with E-state index in [0.717, 1.165) is 5.75 Å². The monoisotopic (exact) mass is 187 g/mol. The summed E-state index contributed by atoms with van der Waals surface area (Å²) in [5.74, 6) is 1.07. The summed E-state index contributed by atoms with van der Waals surface area (Å²) in [6.45, 7) is 3.91. The van der Waals surface area contributed by atoms with Gasteiger partial charge >= 0.3 is 0 Å². The van der Waals surface area contributed by atoms with E-state index in [4.69, 9.17) is 0 Å². The van der Waals surface area contributed by atoms with Crippen LogP contribution in [0.15, 0.2) is 12.2 Å². The lowest BCUT2D eigenvalue weighted by molar-refractivity contribution is -0.126. The first kappa shape index (κ1) is 11.6. The number of carbonyl (C=O) groups excluding carboxylic acids is 1. The lowest BCUT2D eigenvalue weighted by Gasteiger charge is -2.22. The van der Waals surface area contributed by atoms with Crippen molar-refractivity contribution in [3.8, 4) is 0 Å². The summed E-state index contributed by atoms with van der Waals surface area (Å²) in [6.07, 6.45) is 5.41. The van der Waals surface area contributed by atoms with E-state index in [1.807, 2.05) is 20.2 Å². The molecule has 0 saturated heterocycles. The summed E-state index contributed by atoms with van der Waals surface area (Å²) in [5, 5.41) is 0. The molecular weight excluding hydrogens is 170 g/mol. The smallest absolute Gasteiger partial charge is 0.246 e. The normalized spacial score (nSPS) is 13.3. The third kappa shape index (κ3) is 3.81. The molecule has 0 rings (SSSR count). The Labute approximate surface area is 79.0 Å². The number of carbonyl (C=O) groups is 1. The predicted molar refractivity (Wildman–Crippen MR) is 55.4 cm³/mol. The van der Waals surface area contributed by atoms with Gasteiger partial charge in [0.25, 0.3) is 0 Å². The van der Waals surface area contributed by atoms with Crippen LogP contribution in [0, 0.1) is 0 Å². The van der Waals surface area contributed by atoms with Gasteiger partial charge in [-0.25, -0.2) is 0 Å². The third-order valence-electron chi connectivity index (χ3n) is 1.73. The molecule has 0 aromatic carbocycles. The average Bonchev–Trinajstić information content (AvgIpc) is 2.04. The highest BCUT2D eigenvalue weighted by Crippen LogP contribution is 2.03. The zero-order valence-electron chi connectivity index (χ0n) is 8.20. The molecule has 0 spiro atoms. The molecule has 0 N–H and O–H groups in total. The van der Waals surface area contributed by atoms with Crippen LogP contribution >= 0.6 is 11.8 Å². The molecule has 0 aliphatic heterocycles. The van der Waals surface area contributed by atoms with Crippen LogP contribution in [-0.2, 0) is 4.79 Å².